The van der Waals surface area contributed by atoms with Crippen LogP contribution in [0.15, 0.2) is 6.20 Å². The lowest BCUT2D eigenvalue weighted by Crippen LogP contribution is -2.06. The number of rotatable bonds is 3. The molecule has 0 saturated carbocycles. The van der Waals surface area contributed by atoms with Crippen molar-refractivity contribution < 1.29 is 8.78 Å². The second kappa shape index (κ2) is 4.07. The molecule has 4 heteroatoms. The monoisotopic (exact) mass is 202 g/mol. The van der Waals surface area contributed by atoms with E-state index in [-0.39, 0.29) is 17.7 Å². The molecule has 1 aromatic heterocycles. The molecule has 2 nitrogen and oxygen atoms in total. The fourth-order valence-electron chi connectivity index (χ4n) is 1.37. The van der Waals surface area contributed by atoms with Crippen LogP contribution in [0.2, 0.25) is 0 Å². The number of aromatic nitrogens is 2. The van der Waals surface area contributed by atoms with Gasteiger partial charge in [0.25, 0.3) is 6.43 Å². The van der Waals surface area contributed by atoms with Crippen molar-refractivity contribution in [2.24, 2.45) is 0 Å². The molecule has 0 fully saturated rings. The quantitative estimate of drug-likeness (QED) is 0.733. The lowest BCUT2D eigenvalue weighted by molar-refractivity contribution is 0.146. The third-order valence-corrected chi connectivity index (χ3v) is 2.08. The summed E-state index contributed by atoms with van der Waals surface area (Å²) >= 11 is 0. The zero-order valence-electron chi connectivity index (χ0n) is 8.96. The van der Waals surface area contributed by atoms with Crippen LogP contribution in [0.4, 0.5) is 8.78 Å². The summed E-state index contributed by atoms with van der Waals surface area (Å²) in [7, 11) is 0. The van der Waals surface area contributed by atoms with Gasteiger partial charge in [0.2, 0.25) is 0 Å². The van der Waals surface area contributed by atoms with Crippen LogP contribution in [0.25, 0.3) is 0 Å². The summed E-state index contributed by atoms with van der Waals surface area (Å²) < 4.78 is 26.6. The van der Waals surface area contributed by atoms with Gasteiger partial charge in [-0.25, -0.2) is 13.8 Å². The van der Waals surface area contributed by atoms with Gasteiger partial charge in [-0.3, -0.25) is 0 Å². The van der Waals surface area contributed by atoms with Crippen molar-refractivity contribution in [2.75, 3.05) is 0 Å². The molecule has 0 unspecified atom stereocenters. The maximum absolute atomic E-state index is 12.4. The van der Waals surface area contributed by atoms with Gasteiger partial charge >= 0.3 is 0 Å². The Morgan fingerprint density at radius 1 is 1.21 bits per heavy atom. The molecule has 0 radical (unpaired) electrons. The van der Waals surface area contributed by atoms with E-state index in [9.17, 15) is 8.78 Å². The van der Waals surface area contributed by atoms with Crippen LogP contribution in [0, 0.1) is 0 Å². The molecule has 14 heavy (non-hydrogen) atoms. The molecule has 0 N–H and O–H groups in total. The molecule has 1 heterocycles. The second-order valence-corrected chi connectivity index (χ2v) is 3.98. The topological polar surface area (TPSA) is 17.8 Å². The van der Waals surface area contributed by atoms with E-state index in [1.807, 2.05) is 32.3 Å². The molecule has 0 aliphatic carbocycles. The zero-order chi connectivity index (χ0) is 10.9. The van der Waals surface area contributed by atoms with Crippen molar-refractivity contribution in [2.45, 2.75) is 46.1 Å². The summed E-state index contributed by atoms with van der Waals surface area (Å²) in [6.07, 6.45) is -1.03. The predicted octanol–water partition coefficient (Wildman–Crippen LogP) is 3.53. The molecule has 0 aliphatic heterocycles. The van der Waals surface area contributed by atoms with Crippen LogP contribution in [-0.2, 0) is 0 Å². The number of nitrogens with zero attached hydrogens (tertiary/aromatic N) is 2. The highest BCUT2D eigenvalue weighted by Gasteiger charge is 2.18. The fourth-order valence-corrected chi connectivity index (χ4v) is 1.37. The van der Waals surface area contributed by atoms with Gasteiger partial charge in [-0.2, -0.15) is 0 Å². The minimum Gasteiger partial charge on any atom is -0.332 e. The second-order valence-electron chi connectivity index (χ2n) is 3.98. The van der Waals surface area contributed by atoms with Gasteiger partial charge in [-0.1, -0.05) is 13.8 Å². The average Bonchev–Trinajstić information content (AvgIpc) is 2.47. The number of imidazole rings is 1. The van der Waals surface area contributed by atoms with E-state index >= 15 is 0 Å². The molecule has 0 aliphatic rings. The molecule has 0 bridgehead atoms. The third kappa shape index (κ3) is 2.11. The number of hydrogen-bond donors (Lipinski definition) is 0. The Hall–Kier alpha value is -0.930. The molecule has 0 spiro atoms. The highest BCUT2D eigenvalue weighted by molar-refractivity contribution is 5.09. The lowest BCUT2D eigenvalue weighted by Gasteiger charge is -2.12. The predicted molar refractivity (Wildman–Crippen MR) is 51.7 cm³/mol. The fraction of sp³-hybridized carbons (Fsp3) is 0.700. The summed E-state index contributed by atoms with van der Waals surface area (Å²) in [6, 6.07) is 0.174. The van der Waals surface area contributed by atoms with Crippen molar-refractivity contribution in [1.29, 1.82) is 0 Å². The average molecular weight is 202 g/mol. The molecule has 0 aromatic carbocycles. The minimum absolute atomic E-state index is 0.123. The van der Waals surface area contributed by atoms with Crippen LogP contribution < -0.4 is 0 Å². The minimum atomic E-state index is -2.48. The Bertz CT molecular complexity index is 278. The number of halogens is 2. The smallest absolute Gasteiger partial charge is 0.281 e. The molecule has 0 atom stereocenters. The summed E-state index contributed by atoms with van der Waals surface area (Å²) in [5.74, 6) is 0.903. The van der Waals surface area contributed by atoms with E-state index < -0.39 is 6.43 Å². The van der Waals surface area contributed by atoms with Gasteiger partial charge in [-0.05, 0) is 13.8 Å². The first kappa shape index (κ1) is 11.1. The SMILES string of the molecule is CC(C)c1nc(C(F)F)cn1C(C)C. The van der Waals surface area contributed by atoms with Gasteiger partial charge in [0.05, 0.1) is 0 Å². The first-order valence-electron chi connectivity index (χ1n) is 4.80. The molecular weight excluding hydrogens is 186 g/mol. The first-order chi connectivity index (χ1) is 6.43. The van der Waals surface area contributed by atoms with Crippen molar-refractivity contribution in [3.05, 3.63) is 17.7 Å². The Kier molecular flexibility index (Phi) is 3.24. The van der Waals surface area contributed by atoms with Crippen molar-refractivity contribution in [1.82, 2.24) is 9.55 Å². The molecular formula is C10H16F2N2. The van der Waals surface area contributed by atoms with Crippen molar-refractivity contribution in [3.63, 3.8) is 0 Å². The summed E-state index contributed by atoms with van der Waals surface area (Å²) in [5, 5.41) is 0. The normalized spacial score (nSPS) is 12.1. The van der Waals surface area contributed by atoms with Gasteiger partial charge in [-0.15, -0.1) is 0 Å². The van der Waals surface area contributed by atoms with E-state index in [4.69, 9.17) is 0 Å². The van der Waals surface area contributed by atoms with E-state index in [0.29, 0.717) is 0 Å². The van der Waals surface area contributed by atoms with Crippen molar-refractivity contribution >= 4 is 0 Å². The third-order valence-electron chi connectivity index (χ3n) is 2.08. The van der Waals surface area contributed by atoms with Crippen LogP contribution in [0.1, 0.15) is 57.6 Å². The van der Waals surface area contributed by atoms with E-state index in [0.717, 1.165) is 5.82 Å². The molecule has 1 rings (SSSR count). The van der Waals surface area contributed by atoms with Crippen molar-refractivity contribution in [3.8, 4) is 0 Å². The summed E-state index contributed by atoms with van der Waals surface area (Å²) in [4.78, 5) is 3.94. The molecule has 80 valence electrons. The molecule has 0 amide bonds. The van der Waals surface area contributed by atoms with E-state index in [1.165, 1.54) is 6.20 Å². The van der Waals surface area contributed by atoms with Crippen LogP contribution in [0.3, 0.4) is 0 Å². The van der Waals surface area contributed by atoms with Crippen LogP contribution in [-0.4, -0.2) is 9.55 Å². The van der Waals surface area contributed by atoms with E-state index in [2.05, 4.69) is 4.98 Å². The first-order valence-corrected chi connectivity index (χ1v) is 4.80. The van der Waals surface area contributed by atoms with E-state index in [1.54, 1.807) is 0 Å². The maximum Gasteiger partial charge on any atom is 0.281 e. The summed E-state index contributed by atoms with van der Waals surface area (Å²) in [5.41, 5.74) is -0.123. The van der Waals surface area contributed by atoms with Gasteiger partial charge in [0, 0.05) is 18.2 Å². The summed E-state index contributed by atoms with van der Waals surface area (Å²) in [6.45, 7) is 7.83. The van der Waals surface area contributed by atoms with Gasteiger partial charge in [0.1, 0.15) is 11.5 Å². The molecule has 0 saturated heterocycles. The number of hydrogen-bond acceptors (Lipinski definition) is 1. The lowest BCUT2D eigenvalue weighted by atomic mass is 10.2. The maximum atomic E-state index is 12.4. The Morgan fingerprint density at radius 2 is 1.79 bits per heavy atom. The van der Waals surface area contributed by atoms with Crippen LogP contribution in [0.5, 0.6) is 0 Å². The Balaban J connectivity index is 3.12. The largest absolute Gasteiger partial charge is 0.332 e. The molecule has 1 aromatic rings. The number of alkyl halides is 2. The zero-order valence-corrected chi connectivity index (χ0v) is 8.96. The highest BCUT2D eigenvalue weighted by Crippen LogP contribution is 2.24. The standard InChI is InChI=1S/C10H16F2N2/c1-6(2)10-13-8(9(11)12)5-14(10)7(3)4/h5-7,9H,1-4H3. The highest BCUT2D eigenvalue weighted by atomic mass is 19.3. The van der Waals surface area contributed by atoms with Gasteiger partial charge in [0.15, 0.2) is 0 Å². The van der Waals surface area contributed by atoms with Crippen LogP contribution >= 0.6 is 0 Å². The van der Waals surface area contributed by atoms with Gasteiger partial charge < -0.3 is 4.57 Å². The Labute approximate surface area is 83.0 Å². The Morgan fingerprint density at radius 3 is 2.07 bits per heavy atom.